The number of amides is 1. The fraction of sp³-hybridized carbons (Fsp3) is 0.370. The number of hydrogen-bond donors (Lipinski definition) is 2. The fourth-order valence-corrected chi connectivity index (χ4v) is 4.50. The number of anilines is 2. The van der Waals surface area contributed by atoms with Crippen molar-refractivity contribution in [1.29, 1.82) is 0 Å². The van der Waals surface area contributed by atoms with Gasteiger partial charge in [0.2, 0.25) is 5.89 Å². The summed E-state index contributed by atoms with van der Waals surface area (Å²) in [5.74, 6) is 1.95. The summed E-state index contributed by atoms with van der Waals surface area (Å²) in [6.45, 7) is 5.86. The van der Waals surface area contributed by atoms with E-state index < -0.39 is 6.09 Å². The van der Waals surface area contributed by atoms with E-state index in [9.17, 15) is 4.79 Å². The van der Waals surface area contributed by atoms with Crippen LogP contribution >= 0.6 is 0 Å². The molecule has 0 saturated heterocycles. The Bertz CT molecular complexity index is 1370. The van der Waals surface area contributed by atoms with E-state index in [1.807, 2.05) is 50.2 Å². The van der Waals surface area contributed by atoms with Crippen LogP contribution in [0.5, 0.6) is 5.75 Å². The summed E-state index contributed by atoms with van der Waals surface area (Å²) >= 11 is 0. The number of benzene rings is 2. The SMILES string of the molecule is Cc1noc(CCOc2ccc3c(N)c(-c4ccc(NC(=O)OC(C)C)cc4)n(C4CCC4)c3c2)n1. The molecule has 5 rings (SSSR count). The Kier molecular flexibility index (Phi) is 6.54. The lowest BCUT2D eigenvalue weighted by Gasteiger charge is -2.30. The first-order valence-corrected chi connectivity index (χ1v) is 12.3. The van der Waals surface area contributed by atoms with Crippen molar-refractivity contribution >= 4 is 28.4 Å². The number of carbonyl (C=O) groups is 1. The fourth-order valence-electron chi connectivity index (χ4n) is 4.50. The minimum atomic E-state index is -0.470. The van der Waals surface area contributed by atoms with Gasteiger partial charge < -0.3 is 24.3 Å². The van der Waals surface area contributed by atoms with Gasteiger partial charge in [-0.05, 0) is 64.3 Å². The summed E-state index contributed by atoms with van der Waals surface area (Å²) in [7, 11) is 0. The van der Waals surface area contributed by atoms with Crippen molar-refractivity contribution in [2.75, 3.05) is 17.7 Å². The second-order valence-corrected chi connectivity index (χ2v) is 9.39. The summed E-state index contributed by atoms with van der Waals surface area (Å²) in [6, 6.07) is 14.1. The molecule has 0 radical (unpaired) electrons. The van der Waals surface area contributed by atoms with Gasteiger partial charge in [0.1, 0.15) is 5.75 Å². The number of carbonyl (C=O) groups excluding carboxylic acids is 1. The average Bonchev–Trinajstić information content (AvgIpc) is 3.33. The van der Waals surface area contributed by atoms with Gasteiger partial charge in [-0.1, -0.05) is 17.3 Å². The quantitative estimate of drug-likeness (QED) is 0.317. The van der Waals surface area contributed by atoms with E-state index in [0.29, 0.717) is 36.5 Å². The van der Waals surface area contributed by atoms with Gasteiger partial charge in [0, 0.05) is 28.7 Å². The summed E-state index contributed by atoms with van der Waals surface area (Å²) in [5, 5.41) is 7.58. The number of aryl methyl sites for hydroxylation is 1. The molecular formula is C27H31N5O4. The number of nitrogen functional groups attached to an aromatic ring is 1. The average molecular weight is 490 g/mol. The molecule has 4 aromatic rings. The van der Waals surface area contributed by atoms with Crippen molar-refractivity contribution < 1.29 is 18.8 Å². The molecule has 0 unspecified atom stereocenters. The summed E-state index contributed by atoms with van der Waals surface area (Å²) in [5.41, 5.74) is 11.2. The van der Waals surface area contributed by atoms with Gasteiger partial charge >= 0.3 is 6.09 Å². The molecule has 3 N–H and O–H groups in total. The summed E-state index contributed by atoms with van der Waals surface area (Å²) in [6.07, 6.45) is 3.31. The molecule has 1 aliphatic rings. The first-order chi connectivity index (χ1) is 17.4. The highest BCUT2D eigenvalue weighted by atomic mass is 16.6. The van der Waals surface area contributed by atoms with Crippen molar-refractivity contribution in [3.63, 3.8) is 0 Å². The lowest BCUT2D eigenvalue weighted by atomic mass is 9.92. The molecule has 1 amide bonds. The maximum absolute atomic E-state index is 11.9. The van der Waals surface area contributed by atoms with Gasteiger partial charge in [0.25, 0.3) is 0 Å². The molecule has 2 aromatic heterocycles. The Labute approximate surface area is 209 Å². The largest absolute Gasteiger partial charge is 0.493 e. The van der Waals surface area contributed by atoms with E-state index in [0.717, 1.165) is 46.4 Å². The van der Waals surface area contributed by atoms with Crippen LogP contribution in [0.2, 0.25) is 0 Å². The Morgan fingerprint density at radius 3 is 2.64 bits per heavy atom. The Morgan fingerprint density at radius 1 is 1.22 bits per heavy atom. The molecule has 0 aliphatic heterocycles. The van der Waals surface area contributed by atoms with Crippen LogP contribution in [0.25, 0.3) is 22.2 Å². The normalized spacial score (nSPS) is 13.7. The number of nitrogens with zero attached hydrogens (tertiary/aromatic N) is 3. The van der Waals surface area contributed by atoms with Crippen molar-refractivity contribution in [3.8, 4) is 17.0 Å². The van der Waals surface area contributed by atoms with E-state index in [-0.39, 0.29) is 6.10 Å². The highest BCUT2D eigenvalue weighted by Crippen LogP contribution is 2.44. The molecule has 0 atom stereocenters. The third kappa shape index (κ3) is 4.86. The van der Waals surface area contributed by atoms with E-state index in [4.69, 9.17) is 19.7 Å². The Hall–Kier alpha value is -4.01. The molecule has 1 saturated carbocycles. The number of fused-ring (bicyclic) bond motifs is 1. The number of ether oxygens (including phenoxy) is 2. The van der Waals surface area contributed by atoms with Crippen LogP contribution in [0.3, 0.4) is 0 Å². The Balaban J connectivity index is 1.42. The maximum atomic E-state index is 11.9. The molecular weight excluding hydrogens is 458 g/mol. The highest BCUT2D eigenvalue weighted by molar-refractivity contribution is 6.01. The number of aromatic nitrogens is 3. The van der Waals surface area contributed by atoms with Crippen molar-refractivity contribution in [3.05, 3.63) is 54.2 Å². The number of nitrogens with two attached hydrogens (primary N) is 1. The van der Waals surface area contributed by atoms with E-state index >= 15 is 0 Å². The predicted molar refractivity (Wildman–Crippen MR) is 138 cm³/mol. The zero-order chi connectivity index (χ0) is 25.2. The van der Waals surface area contributed by atoms with Crippen LogP contribution in [0, 0.1) is 6.92 Å². The molecule has 188 valence electrons. The number of nitrogens with one attached hydrogen (secondary N) is 1. The van der Waals surface area contributed by atoms with Crippen molar-refractivity contribution in [1.82, 2.24) is 14.7 Å². The second kappa shape index (κ2) is 9.93. The molecule has 36 heavy (non-hydrogen) atoms. The lowest BCUT2D eigenvalue weighted by molar-refractivity contribution is 0.130. The van der Waals surface area contributed by atoms with E-state index in [1.165, 1.54) is 6.42 Å². The zero-order valence-corrected chi connectivity index (χ0v) is 20.8. The summed E-state index contributed by atoms with van der Waals surface area (Å²) in [4.78, 5) is 16.2. The van der Waals surface area contributed by atoms with Gasteiger partial charge in [0.15, 0.2) is 5.82 Å². The van der Waals surface area contributed by atoms with Gasteiger partial charge in [0.05, 0.1) is 36.0 Å². The number of hydrogen-bond acceptors (Lipinski definition) is 7. The lowest BCUT2D eigenvalue weighted by Crippen LogP contribution is -2.18. The standard InChI is InChI=1S/C27H31N5O4/c1-16(2)35-27(33)30-19-9-7-18(8-10-19)26-25(28)22-12-11-21(15-23(22)32(26)20-5-4-6-20)34-14-13-24-29-17(3)31-36-24/h7-12,15-16,20H,4-6,13-14,28H2,1-3H3,(H,30,33). The summed E-state index contributed by atoms with van der Waals surface area (Å²) < 4.78 is 18.7. The molecule has 1 fully saturated rings. The minimum Gasteiger partial charge on any atom is -0.493 e. The van der Waals surface area contributed by atoms with Gasteiger partial charge in [-0.15, -0.1) is 0 Å². The Morgan fingerprint density at radius 2 is 2.00 bits per heavy atom. The van der Waals surface area contributed by atoms with Crippen LogP contribution in [0.4, 0.5) is 16.2 Å². The third-order valence-corrected chi connectivity index (χ3v) is 6.36. The van der Waals surface area contributed by atoms with E-state index in [2.05, 4.69) is 26.1 Å². The zero-order valence-electron chi connectivity index (χ0n) is 20.8. The van der Waals surface area contributed by atoms with Crippen LogP contribution in [-0.2, 0) is 11.2 Å². The predicted octanol–water partition coefficient (Wildman–Crippen LogP) is 5.89. The first kappa shape index (κ1) is 23.7. The van der Waals surface area contributed by atoms with Crippen LogP contribution in [-0.4, -0.2) is 33.5 Å². The van der Waals surface area contributed by atoms with Crippen LogP contribution < -0.4 is 15.8 Å². The first-order valence-electron chi connectivity index (χ1n) is 12.3. The molecule has 1 aliphatic carbocycles. The molecule has 2 heterocycles. The van der Waals surface area contributed by atoms with Crippen molar-refractivity contribution in [2.45, 2.75) is 58.6 Å². The highest BCUT2D eigenvalue weighted by Gasteiger charge is 2.27. The van der Waals surface area contributed by atoms with E-state index in [1.54, 1.807) is 6.92 Å². The topological polar surface area (TPSA) is 117 Å². The third-order valence-electron chi connectivity index (χ3n) is 6.36. The minimum absolute atomic E-state index is 0.181. The van der Waals surface area contributed by atoms with Crippen LogP contribution in [0.15, 0.2) is 47.0 Å². The molecule has 9 nitrogen and oxygen atoms in total. The van der Waals surface area contributed by atoms with Gasteiger partial charge in [-0.3, -0.25) is 5.32 Å². The second-order valence-electron chi connectivity index (χ2n) is 9.39. The molecule has 9 heteroatoms. The van der Waals surface area contributed by atoms with Gasteiger partial charge in [-0.2, -0.15) is 4.98 Å². The number of rotatable bonds is 8. The molecule has 0 bridgehead atoms. The maximum Gasteiger partial charge on any atom is 0.411 e. The van der Waals surface area contributed by atoms with Gasteiger partial charge in [-0.25, -0.2) is 4.79 Å². The smallest absolute Gasteiger partial charge is 0.411 e. The molecule has 0 spiro atoms. The van der Waals surface area contributed by atoms with Crippen molar-refractivity contribution in [2.24, 2.45) is 0 Å². The monoisotopic (exact) mass is 489 g/mol. The van der Waals surface area contributed by atoms with Crippen LogP contribution in [0.1, 0.15) is 50.9 Å². The molecule has 2 aromatic carbocycles.